The second-order valence-corrected chi connectivity index (χ2v) is 9.30. The number of benzene rings is 2. The molecule has 0 radical (unpaired) electrons. The fourth-order valence-corrected chi connectivity index (χ4v) is 4.77. The molecule has 0 spiro atoms. The van der Waals surface area contributed by atoms with Crippen molar-refractivity contribution in [3.05, 3.63) is 73.6 Å². The zero-order valence-electron chi connectivity index (χ0n) is 18.9. The Kier molecular flexibility index (Phi) is 8.19. The monoisotopic (exact) mass is 520 g/mol. The minimum Gasteiger partial charge on any atom is -0.482 e. The Morgan fingerprint density at radius 1 is 1.00 bits per heavy atom. The maximum Gasteiger partial charge on any atom is 0.341 e. The average Bonchev–Trinajstić information content (AvgIpc) is 3.10. The second-order valence-electron chi connectivity index (χ2n) is 7.44. The quantitative estimate of drug-likeness (QED) is 0.370. The van der Waals surface area contributed by atoms with Gasteiger partial charge >= 0.3 is 5.97 Å². The predicted octanol–water partition coefficient (Wildman–Crippen LogP) is 6.04. The average molecular weight is 521 g/mol. The van der Waals surface area contributed by atoms with E-state index in [2.05, 4.69) is 10.6 Å². The fraction of sp³-hybridized carbons (Fsp3) is 0.208. The minimum atomic E-state index is -0.670. The van der Waals surface area contributed by atoms with Gasteiger partial charge in [0.1, 0.15) is 10.8 Å². The van der Waals surface area contributed by atoms with E-state index in [1.54, 1.807) is 19.1 Å². The van der Waals surface area contributed by atoms with Gasteiger partial charge in [-0.2, -0.15) is 0 Å². The summed E-state index contributed by atoms with van der Waals surface area (Å²) in [7, 11) is 1.23. The standard InChI is InChI=1S/C24H22Cl2N2O5S/c1-12-5-7-17(13(2)9-12)27-22(30)21-14(3)20(24(31)32-4)23(34-21)28-19(29)11-33-18-8-6-15(25)10-16(18)26/h5-10H,11H2,1-4H3,(H,27,30)(H,28,29). The SMILES string of the molecule is COC(=O)c1c(NC(=O)COc2ccc(Cl)cc2Cl)sc(C(=O)Nc2ccc(C)cc2C)c1C. The van der Waals surface area contributed by atoms with Gasteiger partial charge < -0.3 is 20.1 Å². The number of hydrogen-bond acceptors (Lipinski definition) is 6. The molecule has 0 atom stereocenters. The summed E-state index contributed by atoms with van der Waals surface area (Å²) < 4.78 is 10.3. The lowest BCUT2D eigenvalue weighted by atomic mass is 10.1. The second kappa shape index (κ2) is 10.9. The molecular formula is C24H22Cl2N2O5S. The van der Waals surface area contributed by atoms with Crippen LogP contribution in [0.5, 0.6) is 5.75 Å². The number of esters is 1. The summed E-state index contributed by atoms with van der Waals surface area (Å²) in [5, 5.41) is 6.37. The van der Waals surface area contributed by atoms with Crippen LogP contribution in [0.4, 0.5) is 10.7 Å². The number of methoxy groups -OCH3 is 1. The van der Waals surface area contributed by atoms with Crippen LogP contribution in [-0.2, 0) is 9.53 Å². The van der Waals surface area contributed by atoms with Crippen molar-refractivity contribution >= 4 is 63.0 Å². The molecular weight excluding hydrogens is 499 g/mol. The molecule has 0 bridgehead atoms. The zero-order valence-corrected chi connectivity index (χ0v) is 21.2. The Morgan fingerprint density at radius 3 is 2.38 bits per heavy atom. The molecule has 0 aliphatic heterocycles. The van der Waals surface area contributed by atoms with Gasteiger partial charge in [0.15, 0.2) is 6.61 Å². The molecule has 7 nitrogen and oxygen atoms in total. The molecule has 0 aliphatic rings. The lowest BCUT2D eigenvalue weighted by Crippen LogP contribution is -2.21. The molecule has 3 aromatic rings. The van der Waals surface area contributed by atoms with Crippen LogP contribution in [0.25, 0.3) is 0 Å². The van der Waals surface area contributed by atoms with E-state index in [-0.39, 0.29) is 32.8 Å². The Bertz CT molecular complexity index is 1270. The van der Waals surface area contributed by atoms with Gasteiger partial charge in [-0.1, -0.05) is 40.9 Å². The third-order valence-electron chi connectivity index (χ3n) is 4.88. The van der Waals surface area contributed by atoms with Gasteiger partial charge in [-0.3, -0.25) is 9.59 Å². The van der Waals surface area contributed by atoms with E-state index in [0.29, 0.717) is 16.3 Å². The highest BCUT2D eigenvalue weighted by atomic mass is 35.5. The summed E-state index contributed by atoms with van der Waals surface area (Å²) in [4.78, 5) is 38.2. The number of ether oxygens (including phenoxy) is 2. The van der Waals surface area contributed by atoms with Crippen LogP contribution >= 0.6 is 34.5 Å². The summed E-state index contributed by atoms with van der Waals surface area (Å²) in [5.41, 5.74) is 3.14. The fourth-order valence-electron chi connectivity index (χ4n) is 3.20. The molecule has 34 heavy (non-hydrogen) atoms. The molecule has 2 amide bonds. The van der Waals surface area contributed by atoms with E-state index >= 15 is 0 Å². The number of thiophene rings is 1. The first kappa shape index (κ1) is 25.6. The smallest absolute Gasteiger partial charge is 0.341 e. The number of carbonyl (C=O) groups is 3. The summed E-state index contributed by atoms with van der Waals surface area (Å²) in [6, 6.07) is 10.3. The van der Waals surface area contributed by atoms with Crippen LogP contribution < -0.4 is 15.4 Å². The molecule has 178 valence electrons. The Labute approximate surface area is 211 Å². The molecule has 0 saturated heterocycles. The van der Waals surface area contributed by atoms with Crippen LogP contribution in [0, 0.1) is 20.8 Å². The van der Waals surface area contributed by atoms with Gasteiger partial charge in [0.2, 0.25) is 0 Å². The van der Waals surface area contributed by atoms with Crippen molar-refractivity contribution in [2.45, 2.75) is 20.8 Å². The highest BCUT2D eigenvalue weighted by molar-refractivity contribution is 7.19. The number of hydrogen-bond donors (Lipinski definition) is 2. The van der Waals surface area contributed by atoms with Gasteiger partial charge in [0.25, 0.3) is 11.8 Å². The minimum absolute atomic E-state index is 0.108. The predicted molar refractivity (Wildman–Crippen MR) is 135 cm³/mol. The number of anilines is 2. The maximum absolute atomic E-state index is 13.0. The van der Waals surface area contributed by atoms with Crippen LogP contribution in [0.3, 0.4) is 0 Å². The van der Waals surface area contributed by atoms with Crippen LogP contribution in [0.15, 0.2) is 36.4 Å². The Hall–Kier alpha value is -3.07. The third kappa shape index (κ3) is 5.88. The van der Waals surface area contributed by atoms with Gasteiger partial charge in [0.05, 0.1) is 22.6 Å². The van der Waals surface area contributed by atoms with Crippen LogP contribution in [0.2, 0.25) is 10.0 Å². The normalized spacial score (nSPS) is 10.5. The first-order chi connectivity index (χ1) is 16.1. The van der Waals surface area contributed by atoms with Crippen LogP contribution in [-0.4, -0.2) is 31.5 Å². The number of nitrogens with one attached hydrogen (secondary N) is 2. The molecule has 2 N–H and O–H groups in total. The van der Waals surface area contributed by atoms with Crippen molar-refractivity contribution in [1.82, 2.24) is 0 Å². The molecule has 10 heteroatoms. The van der Waals surface area contributed by atoms with E-state index in [9.17, 15) is 14.4 Å². The van der Waals surface area contributed by atoms with Gasteiger partial charge in [0, 0.05) is 10.7 Å². The summed E-state index contributed by atoms with van der Waals surface area (Å²) in [5.74, 6) is -1.33. The van der Waals surface area contributed by atoms with E-state index in [0.717, 1.165) is 22.5 Å². The van der Waals surface area contributed by atoms with E-state index in [1.807, 2.05) is 32.0 Å². The number of aryl methyl sites for hydroxylation is 2. The molecule has 0 saturated carbocycles. The van der Waals surface area contributed by atoms with Crippen molar-refractivity contribution in [1.29, 1.82) is 0 Å². The lowest BCUT2D eigenvalue weighted by Gasteiger charge is -2.09. The topological polar surface area (TPSA) is 93.7 Å². The van der Waals surface area contributed by atoms with Gasteiger partial charge in [-0.25, -0.2) is 4.79 Å². The Balaban J connectivity index is 1.81. The maximum atomic E-state index is 13.0. The highest BCUT2D eigenvalue weighted by Crippen LogP contribution is 2.35. The molecule has 2 aromatic carbocycles. The number of amides is 2. The largest absolute Gasteiger partial charge is 0.482 e. The van der Waals surface area contributed by atoms with Crippen molar-refractivity contribution in [3.8, 4) is 5.75 Å². The van der Waals surface area contributed by atoms with Gasteiger partial charge in [-0.05, 0) is 56.2 Å². The first-order valence-corrected chi connectivity index (χ1v) is 11.7. The van der Waals surface area contributed by atoms with Crippen molar-refractivity contribution in [3.63, 3.8) is 0 Å². The molecule has 3 rings (SSSR count). The summed E-state index contributed by atoms with van der Waals surface area (Å²) >= 11 is 12.9. The van der Waals surface area contributed by atoms with Crippen LogP contribution in [0.1, 0.15) is 36.7 Å². The van der Waals surface area contributed by atoms with Crippen molar-refractivity contribution in [2.24, 2.45) is 0 Å². The van der Waals surface area contributed by atoms with E-state index < -0.39 is 17.8 Å². The number of halogens is 2. The molecule has 0 fully saturated rings. The highest BCUT2D eigenvalue weighted by Gasteiger charge is 2.26. The number of rotatable bonds is 7. The van der Waals surface area contributed by atoms with Crippen molar-refractivity contribution < 1.29 is 23.9 Å². The molecule has 0 aliphatic carbocycles. The van der Waals surface area contributed by atoms with E-state index in [1.165, 1.54) is 13.2 Å². The zero-order chi connectivity index (χ0) is 25.0. The van der Waals surface area contributed by atoms with Crippen molar-refractivity contribution in [2.75, 3.05) is 24.4 Å². The summed E-state index contributed by atoms with van der Waals surface area (Å²) in [6.45, 7) is 5.11. The molecule has 1 aromatic heterocycles. The third-order valence-corrected chi connectivity index (χ3v) is 6.61. The Morgan fingerprint density at radius 2 is 1.74 bits per heavy atom. The number of carbonyl (C=O) groups excluding carboxylic acids is 3. The molecule has 0 unspecified atom stereocenters. The molecule has 1 heterocycles. The first-order valence-electron chi connectivity index (χ1n) is 10.1. The van der Waals surface area contributed by atoms with Gasteiger partial charge in [-0.15, -0.1) is 11.3 Å². The lowest BCUT2D eigenvalue weighted by molar-refractivity contribution is -0.118. The van der Waals surface area contributed by atoms with E-state index in [4.69, 9.17) is 32.7 Å². The summed E-state index contributed by atoms with van der Waals surface area (Å²) in [6.07, 6.45) is 0.